The van der Waals surface area contributed by atoms with Crippen LogP contribution in [0, 0.1) is 5.82 Å². The Labute approximate surface area is 265 Å². The minimum absolute atomic E-state index is 0.0575. The molecule has 3 heterocycles. The van der Waals surface area contributed by atoms with Crippen LogP contribution in [0.1, 0.15) is 34.1 Å². The molecule has 5 rings (SSSR count). The molecule has 0 bridgehead atoms. The lowest BCUT2D eigenvalue weighted by molar-refractivity contribution is -0.265. The number of ether oxygens (including phenoxy) is 2. The summed E-state index contributed by atoms with van der Waals surface area (Å²) < 4.78 is 109. The number of pyridine rings is 2. The van der Waals surface area contributed by atoms with Gasteiger partial charge in [0, 0.05) is 28.3 Å². The van der Waals surface area contributed by atoms with Crippen LogP contribution in [0.25, 0.3) is 22.2 Å². The van der Waals surface area contributed by atoms with Gasteiger partial charge in [0.1, 0.15) is 40.5 Å². The smallest absolute Gasteiger partial charge is 0.424 e. The number of nitrogens with two attached hydrogens (primary N) is 1. The van der Waals surface area contributed by atoms with Crippen molar-refractivity contribution in [2.75, 3.05) is 20.3 Å². The van der Waals surface area contributed by atoms with Crippen molar-refractivity contribution in [3.8, 4) is 22.8 Å². The van der Waals surface area contributed by atoms with Crippen LogP contribution in [0.15, 0.2) is 48.7 Å². The van der Waals surface area contributed by atoms with Gasteiger partial charge in [-0.1, -0.05) is 11.6 Å². The van der Waals surface area contributed by atoms with Gasteiger partial charge in [0.25, 0.3) is 5.91 Å². The summed E-state index contributed by atoms with van der Waals surface area (Å²) in [7, 11) is 1.15. The molecule has 4 aromatic rings. The lowest BCUT2D eigenvalue weighted by Gasteiger charge is -2.31. The second kappa shape index (κ2) is 11.5. The van der Waals surface area contributed by atoms with Crippen molar-refractivity contribution in [1.29, 1.82) is 0 Å². The second-order valence-electron chi connectivity index (χ2n) is 10.9. The van der Waals surface area contributed by atoms with E-state index in [0.29, 0.717) is 12.3 Å². The van der Waals surface area contributed by atoms with Gasteiger partial charge in [0.15, 0.2) is 0 Å². The lowest BCUT2D eigenvalue weighted by atomic mass is 9.81. The zero-order chi connectivity index (χ0) is 34.7. The molecule has 4 N–H and O–H groups in total. The van der Waals surface area contributed by atoms with E-state index in [4.69, 9.17) is 26.8 Å². The van der Waals surface area contributed by atoms with E-state index in [1.165, 1.54) is 6.92 Å². The first-order valence-electron chi connectivity index (χ1n) is 13.4. The Bertz CT molecular complexity index is 1940. The zero-order valence-corrected chi connectivity index (χ0v) is 24.9. The number of nitrogens with one attached hydrogen (secondary N) is 1. The van der Waals surface area contributed by atoms with E-state index in [9.17, 15) is 45.4 Å². The van der Waals surface area contributed by atoms with E-state index in [-0.39, 0.29) is 44.2 Å². The Morgan fingerprint density at radius 1 is 1.13 bits per heavy atom. The fourth-order valence-electron chi connectivity index (χ4n) is 4.97. The molecule has 2 aromatic carbocycles. The van der Waals surface area contributed by atoms with Crippen molar-refractivity contribution >= 4 is 34.3 Å². The van der Waals surface area contributed by atoms with Gasteiger partial charge in [0.05, 0.1) is 29.9 Å². The molecular formula is C30H22ClF7N4O5. The van der Waals surface area contributed by atoms with Gasteiger partial charge in [-0.05, 0) is 49.4 Å². The molecule has 2 amide bonds. The molecular weight excluding hydrogens is 665 g/mol. The van der Waals surface area contributed by atoms with Crippen molar-refractivity contribution in [1.82, 2.24) is 15.3 Å². The Kier molecular flexibility index (Phi) is 8.25. The SMILES string of the molecule is COc1cc(C(=O)NC[C@](O)(c2cc3c(c(-c4ccc(F)cc4Cl)n2)OC[C@]3(C)C(N)=O)C(F)(F)F)cc2cc(C(F)(F)F)cnc12. The normalized spacial score (nSPS) is 17.5. The van der Waals surface area contributed by atoms with Crippen molar-refractivity contribution in [2.24, 2.45) is 5.73 Å². The molecule has 17 heteroatoms. The number of methoxy groups -OCH3 is 1. The van der Waals surface area contributed by atoms with Crippen molar-refractivity contribution in [2.45, 2.75) is 30.3 Å². The van der Waals surface area contributed by atoms with Crippen LogP contribution >= 0.6 is 11.6 Å². The van der Waals surface area contributed by atoms with E-state index >= 15 is 0 Å². The summed E-state index contributed by atoms with van der Waals surface area (Å²) >= 11 is 6.18. The monoisotopic (exact) mass is 686 g/mol. The highest BCUT2D eigenvalue weighted by Gasteiger charge is 2.58. The average molecular weight is 687 g/mol. The first-order valence-corrected chi connectivity index (χ1v) is 13.7. The number of benzene rings is 2. The number of hydrogen-bond donors (Lipinski definition) is 3. The lowest BCUT2D eigenvalue weighted by Crippen LogP contribution is -2.51. The number of hydrogen-bond acceptors (Lipinski definition) is 7. The van der Waals surface area contributed by atoms with Crippen LogP contribution in [0.2, 0.25) is 5.02 Å². The van der Waals surface area contributed by atoms with Crippen LogP contribution in [0.3, 0.4) is 0 Å². The molecule has 9 nitrogen and oxygen atoms in total. The van der Waals surface area contributed by atoms with E-state index in [2.05, 4.69) is 9.97 Å². The highest BCUT2D eigenvalue weighted by Crippen LogP contribution is 2.48. The van der Waals surface area contributed by atoms with Crippen LogP contribution in [-0.2, 0) is 22.0 Å². The molecule has 0 saturated carbocycles. The highest BCUT2D eigenvalue weighted by molar-refractivity contribution is 6.33. The number of fused-ring (bicyclic) bond motifs is 2. The zero-order valence-electron chi connectivity index (χ0n) is 24.1. The number of aromatic nitrogens is 2. The maximum atomic E-state index is 14.7. The van der Waals surface area contributed by atoms with Gasteiger partial charge in [-0.2, -0.15) is 26.3 Å². The van der Waals surface area contributed by atoms with E-state index in [0.717, 1.165) is 43.5 Å². The number of carbonyl (C=O) groups is 2. The topological polar surface area (TPSA) is 137 Å². The molecule has 1 aliphatic rings. The molecule has 47 heavy (non-hydrogen) atoms. The number of nitrogens with zero attached hydrogens (tertiary/aromatic N) is 2. The van der Waals surface area contributed by atoms with Crippen LogP contribution in [-0.4, -0.2) is 53.3 Å². The van der Waals surface area contributed by atoms with Crippen molar-refractivity contribution in [3.05, 3.63) is 81.9 Å². The van der Waals surface area contributed by atoms with E-state index < -0.39 is 71.0 Å². The van der Waals surface area contributed by atoms with Crippen molar-refractivity contribution in [3.63, 3.8) is 0 Å². The fourth-order valence-corrected chi connectivity index (χ4v) is 5.22. The maximum absolute atomic E-state index is 14.7. The predicted molar refractivity (Wildman–Crippen MR) is 152 cm³/mol. The van der Waals surface area contributed by atoms with Gasteiger partial charge in [0.2, 0.25) is 11.5 Å². The maximum Gasteiger partial charge on any atom is 0.424 e. The summed E-state index contributed by atoms with van der Waals surface area (Å²) in [5.74, 6) is -3.34. The molecule has 0 spiro atoms. The quantitative estimate of drug-likeness (QED) is 0.221. The first kappa shape index (κ1) is 33.7. The highest BCUT2D eigenvalue weighted by atomic mass is 35.5. The predicted octanol–water partition coefficient (Wildman–Crippen LogP) is 5.43. The molecule has 0 fully saturated rings. The Hall–Kier alpha value is -4.70. The Balaban J connectivity index is 1.60. The summed E-state index contributed by atoms with van der Waals surface area (Å²) in [6.07, 6.45) is -9.76. The molecule has 0 unspecified atom stereocenters. The number of halogens is 8. The largest absolute Gasteiger partial charge is 0.494 e. The second-order valence-corrected chi connectivity index (χ2v) is 11.3. The number of amides is 2. The average Bonchev–Trinajstić information content (AvgIpc) is 3.35. The minimum Gasteiger partial charge on any atom is -0.494 e. The standard InChI is InChI=1S/C30H22ClF7N4O5/c1-27(26(39)44)12-47-24-18(27)9-21(42-23(24)17-4-3-16(32)8-19(17)31)28(45,30(36,37)38)11-41-25(43)14-5-13-6-15(29(33,34)35)10-40-22(13)20(7-14)46-2/h3-10,45H,11-12H2,1-2H3,(H2,39,44)(H,41,43)/t27-,28-/m0/s1. The third-order valence-corrected chi connectivity index (χ3v) is 8.07. The van der Waals surface area contributed by atoms with Crippen LogP contribution in [0.5, 0.6) is 11.5 Å². The first-order chi connectivity index (χ1) is 21.8. The molecule has 0 aliphatic carbocycles. The molecule has 1 aliphatic heterocycles. The molecule has 248 valence electrons. The summed E-state index contributed by atoms with van der Waals surface area (Å²) in [4.78, 5) is 33.3. The summed E-state index contributed by atoms with van der Waals surface area (Å²) in [6.45, 7) is -0.681. The number of alkyl halides is 6. The Morgan fingerprint density at radius 2 is 1.83 bits per heavy atom. The van der Waals surface area contributed by atoms with Crippen LogP contribution in [0.4, 0.5) is 30.7 Å². The van der Waals surface area contributed by atoms with E-state index in [1.807, 2.05) is 5.32 Å². The number of rotatable bonds is 7. The van der Waals surface area contributed by atoms with E-state index in [1.54, 1.807) is 0 Å². The fraction of sp³-hybridized carbons (Fsp3) is 0.267. The number of primary amides is 1. The number of carbonyl (C=O) groups excluding carboxylic acids is 2. The third kappa shape index (κ3) is 5.86. The molecule has 0 saturated heterocycles. The minimum atomic E-state index is -5.53. The summed E-state index contributed by atoms with van der Waals surface area (Å²) in [6, 6.07) is 6.36. The molecule has 2 aromatic heterocycles. The third-order valence-electron chi connectivity index (χ3n) is 7.76. The van der Waals surface area contributed by atoms with Crippen LogP contribution < -0.4 is 20.5 Å². The molecule has 2 atom stereocenters. The summed E-state index contributed by atoms with van der Waals surface area (Å²) in [5, 5.41) is 12.7. The van der Waals surface area contributed by atoms with Gasteiger partial charge >= 0.3 is 12.4 Å². The summed E-state index contributed by atoms with van der Waals surface area (Å²) in [5.41, 5.74) is -3.49. The Morgan fingerprint density at radius 3 is 2.43 bits per heavy atom. The van der Waals surface area contributed by atoms with Gasteiger partial charge in [-0.15, -0.1) is 0 Å². The molecule has 0 radical (unpaired) electrons. The number of aliphatic hydroxyl groups is 1. The van der Waals surface area contributed by atoms with Crippen molar-refractivity contribution < 1.29 is 54.9 Å². The van der Waals surface area contributed by atoms with Gasteiger partial charge in [-0.3, -0.25) is 14.6 Å². The van der Waals surface area contributed by atoms with Gasteiger partial charge in [-0.25, -0.2) is 9.37 Å². The van der Waals surface area contributed by atoms with Gasteiger partial charge < -0.3 is 25.6 Å².